The van der Waals surface area contributed by atoms with Gasteiger partial charge in [0.2, 0.25) is 0 Å². The second-order valence-corrected chi connectivity index (χ2v) is 6.24. The first-order chi connectivity index (χ1) is 9.22. The number of thiophene rings is 1. The smallest absolute Gasteiger partial charge is 0.141 e. The highest BCUT2D eigenvalue weighted by Gasteiger charge is 2.15. The van der Waals surface area contributed by atoms with Crippen LogP contribution in [0.3, 0.4) is 0 Å². The second kappa shape index (κ2) is 5.39. The number of hydrogen-bond acceptors (Lipinski definition) is 3. The van der Waals surface area contributed by atoms with Gasteiger partial charge in [-0.2, -0.15) is 0 Å². The maximum absolute atomic E-state index is 12.8. The molecule has 0 amide bonds. The predicted octanol–water partition coefficient (Wildman–Crippen LogP) is 3.62. The lowest BCUT2D eigenvalue weighted by molar-refractivity contribution is 0.557. The van der Waals surface area contributed by atoms with Gasteiger partial charge in [0.1, 0.15) is 5.82 Å². The molecule has 3 rings (SSSR count). The molecule has 4 heteroatoms. The molecule has 0 radical (unpaired) electrons. The topological polar surface area (TPSA) is 24.9 Å². The van der Waals surface area contributed by atoms with Crippen LogP contribution in [-0.2, 0) is 19.4 Å². The molecule has 2 aromatic heterocycles. The lowest BCUT2D eigenvalue weighted by Gasteiger charge is -2.12. The van der Waals surface area contributed by atoms with Crippen molar-refractivity contribution in [1.82, 2.24) is 10.3 Å². The molecule has 2 heterocycles. The molecule has 0 aromatic carbocycles. The van der Waals surface area contributed by atoms with E-state index in [1.54, 1.807) is 10.9 Å². The number of nitrogens with one attached hydrogen (secondary N) is 1. The van der Waals surface area contributed by atoms with Gasteiger partial charge in [0.25, 0.3) is 0 Å². The van der Waals surface area contributed by atoms with Crippen LogP contribution >= 0.6 is 11.3 Å². The molecular formula is C15H17FN2S. The summed E-state index contributed by atoms with van der Waals surface area (Å²) in [4.78, 5) is 7.05. The number of rotatable bonds is 4. The molecule has 2 aromatic rings. The van der Waals surface area contributed by atoms with Crippen LogP contribution in [0, 0.1) is 5.82 Å². The molecule has 0 saturated heterocycles. The first-order valence-electron chi connectivity index (χ1n) is 6.67. The van der Waals surface area contributed by atoms with E-state index in [2.05, 4.69) is 23.3 Å². The van der Waals surface area contributed by atoms with Crippen molar-refractivity contribution in [2.24, 2.45) is 0 Å². The van der Waals surface area contributed by atoms with Crippen molar-refractivity contribution < 1.29 is 4.39 Å². The van der Waals surface area contributed by atoms with Crippen molar-refractivity contribution in [2.45, 2.75) is 38.8 Å². The van der Waals surface area contributed by atoms with Gasteiger partial charge in [-0.25, -0.2) is 4.39 Å². The maximum Gasteiger partial charge on any atom is 0.141 e. The van der Waals surface area contributed by atoms with Crippen LogP contribution in [0.15, 0.2) is 24.4 Å². The number of fused-ring (bicyclic) bond motifs is 1. The summed E-state index contributed by atoms with van der Waals surface area (Å²) in [7, 11) is 0. The van der Waals surface area contributed by atoms with Gasteiger partial charge >= 0.3 is 0 Å². The molecule has 19 heavy (non-hydrogen) atoms. The lowest BCUT2D eigenvalue weighted by atomic mass is 10.2. The zero-order chi connectivity index (χ0) is 13.2. The molecule has 100 valence electrons. The Morgan fingerprint density at radius 2 is 2.32 bits per heavy atom. The van der Waals surface area contributed by atoms with Crippen LogP contribution in [0.2, 0.25) is 0 Å². The highest BCUT2D eigenvalue weighted by Crippen LogP contribution is 2.30. The van der Waals surface area contributed by atoms with Gasteiger partial charge in [-0.05, 0) is 49.9 Å². The molecule has 0 bridgehead atoms. The third kappa shape index (κ3) is 2.85. The quantitative estimate of drug-likeness (QED) is 0.922. The van der Waals surface area contributed by atoms with Crippen molar-refractivity contribution in [3.63, 3.8) is 0 Å². The van der Waals surface area contributed by atoms with Crippen LogP contribution in [0.25, 0.3) is 0 Å². The Hall–Kier alpha value is -1.26. The van der Waals surface area contributed by atoms with Gasteiger partial charge in [0.05, 0.1) is 11.9 Å². The van der Waals surface area contributed by atoms with Crippen LogP contribution < -0.4 is 5.32 Å². The Labute approximate surface area is 116 Å². The minimum Gasteiger partial charge on any atom is -0.304 e. The number of nitrogens with zero attached hydrogens (tertiary/aromatic N) is 1. The summed E-state index contributed by atoms with van der Waals surface area (Å²) in [5, 5.41) is 3.45. The Balaban J connectivity index is 1.60. The molecular weight excluding hydrogens is 259 g/mol. The summed E-state index contributed by atoms with van der Waals surface area (Å²) in [6.07, 6.45) is 5.06. The fourth-order valence-corrected chi connectivity index (χ4v) is 3.69. The minimum atomic E-state index is -0.286. The zero-order valence-electron chi connectivity index (χ0n) is 10.9. The third-order valence-electron chi connectivity index (χ3n) is 3.57. The van der Waals surface area contributed by atoms with Crippen molar-refractivity contribution in [3.8, 4) is 0 Å². The molecule has 0 saturated carbocycles. The van der Waals surface area contributed by atoms with Crippen molar-refractivity contribution in [2.75, 3.05) is 0 Å². The molecule has 1 aliphatic carbocycles. The average Bonchev–Trinajstić information content (AvgIpc) is 2.97. The van der Waals surface area contributed by atoms with Crippen LogP contribution in [0.5, 0.6) is 0 Å². The van der Waals surface area contributed by atoms with E-state index >= 15 is 0 Å². The first-order valence-corrected chi connectivity index (χ1v) is 7.49. The molecule has 1 atom stereocenters. The van der Waals surface area contributed by atoms with E-state index in [1.165, 1.54) is 42.0 Å². The van der Waals surface area contributed by atoms with Gasteiger partial charge in [-0.3, -0.25) is 4.98 Å². The SMILES string of the molecule is CC(NCc1cc2c(s1)CCC2)c1ccc(F)cn1. The maximum atomic E-state index is 12.8. The summed E-state index contributed by atoms with van der Waals surface area (Å²) in [6.45, 7) is 2.92. The lowest BCUT2D eigenvalue weighted by Crippen LogP contribution is -2.18. The van der Waals surface area contributed by atoms with Crippen LogP contribution in [0.4, 0.5) is 4.39 Å². The summed E-state index contributed by atoms with van der Waals surface area (Å²) in [5.74, 6) is -0.286. The van der Waals surface area contributed by atoms with E-state index in [0.29, 0.717) is 0 Å². The second-order valence-electron chi connectivity index (χ2n) is 5.02. The first kappa shape index (κ1) is 12.8. The number of aromatic nitrogens is 1. The van der Waals surface area contributed by atoms with Crippen molar-refractivity contribution >= 4 is 11.3 Å². The van der Waals surface area contributed by atoms with E-state index in [-0.39, 0.29) is 11.9 Å². The molecule has 2 nitrogen and oxygen atoms in total. The molecule has 1 unspecified atom stereocenters. The van der Waals surface area contributed by atoms with Gasteiger partial charge in [0, 0.05) is 22.3 Å². The van der Waals surface area contributed by atoms with E-state index < -0.39 is 0 Å². The van der Waals surface area contributed by atoms with Crippen LogP contribution in [-0.4, -0.2) is 4.98 Å². The largest absolute Gasteiger partial charge is 0.304 e. The normalized spacial score (nSPS) is 15.5. The van der Waals surface area contributed by atoms with E-state index in [9.17, 15) is 4.39 Å². The molecule has 1 aliphatic rings. The van der Waals surface area contributed by atoms with Gasteiger partial charge in [-0.15, -0.1) is 11.3 Å². The highest BCUT2D eigenvalue weighted by molar-refractivity contribution is 7.12. The Bertz CT molecular complexity index is 541. The van der Waals surface area contributed by atoms with Crippen molar-refractivity contribution in [1.29, 1.82) is 0 Å². The number of aryl methyl sites for hydroxylation is 2. The van der Waals surface area contributed by atoms with E-state index in [0.717, 1.165) is 12.2 Å². The minimum absolute atomic E-state index is 0.137. The zero-order valence-corrected chi connectivity index (χ0v) is 11.8. The van der Waals surface area contributed by atoms with Crippen molar-refractivity contribution in [3.05, 3.63) is 51.2 Å². The van der Waals surface area contributed by atoms with Crippen LogP contribution in [0.1, 0.15) is 40.4 Å². The van der Waals surface area contributed by atoms with Gasteiger partial charge in [0.15, 0.2) is 0 Å². The summed E-state index contributed by atoms with van der Waals surface area (Å²) < 4.78 is 12.8. The van der Waals surface area contributed by atoms with E-state index in [4.69, 9.17) is 0 Å². The Kier molecular flexibility index (Phi) is 3.62. The molecule has 0 aliphatic heterocycles. The van der Waals surface area contributed by atoms with Gasteiger partial charge in [-0.1, -0.05) is 0 Å². The highest BCUT2D eigenvalue weighted by atomic mass is 32.1. The predicted molar refractivity (Wildman–Crippen MR) is 75.8 cm³/mol. The molecule has 0 fully saturated rings. The number of pyridine rings is 1. The molecule has 1 N–H and O–H groups in total. The fraction of sp³-hybridized carbons (Fsp3) is 0.400. The Morgan fingerprint density at radius 1 is 1.42 bits per heavy atom. The Morgan fingerprint density at radius 3 is 3.05 bits per heavy atom. The standard InChI is InChI=1S/C15H17FN2S/c1-10(14-6-5-12(16)8-18-14)17-9-13-7-11-3-2-4-15(11)19-13/h5-8,10,17H,2-4,9H2,1H3. The average molecular weight is 276 g/mol. The number of hydrogen-bond donors (Lipinski definition) is 1. The monoisotopic (exact) mass is 276 g/mol. The molecule has 0 spiro atoms. The summed E-state index contributed by atoms with van der Waals surface area (Å²) in [6, 6.07) is 5.66. The van der Waals surface area contributed by atoms with Gasteiger partial charge < -0.3 is 5.32 Å². The third-order valence-corrected chi connectivity index (χ3v) is 4.81. The summed E-state index contributed by atoms with van der Waals surface area (Å²) >= 11 is 1.92. The van der Waals surface area contributed by atoms with E-state index in [1.807, 2.05) is 11.3 Å². The fourth-order valence-electron chi connectivity index (χ4n) is 2.48. The number of halogens is 1. The summed E-state index contributed by atoms with van der Waals surface area (Å²) in [5.41, 5.74) is 2.42.